The molecular weight excluding hydrogens is 224 g/mol. The molecule has 2 rings (SSSR count). The van der Waals surface area contributed by atoms with E-state index in [1.165, 1.54) is 19.4 Å². The summed E-state index contributed by atoms with van der Waals surface area (Å²) < 4.78 is 6.68. The number of hydrogen-bond acceptors (Lipinski definition) is 5. The van der Waals surface area contributed by atoms with Gasteiger partial charge in [0.2, 0.25) is 5.88 Å². The van der Waals surface area contributed by atoms with Gasteiger partial charge in [-0.1, -0.05) is 0 Å². The Morgan fingerprint density at radius 3 is 2.82 bits per heavy atom. The molecule has 0 N–H and O–H groups in total. The molecule has 0 aromatic carbocycles. The van der Waals surface area contributed by atoms with Crippen LogP contribution in [-0.4, -0.2) is 26.8 Å². The monoisotopic (exact) mass is 234 g/mol. The van der Waals surface area contributed by atoms with Crippen LogP contribution in [0.5, 0.6) is 5.88 Å². The van der Waals surface area contributed by atoms with Crippen LogP contribution in [0.2, 0.25) is 0 Å². The summed E-state index contributed by atoms with van der Waals surface area (Å²) in [4.78, 5) is 14.1. The number of pyridine rings is 1. The van der Waals surface area contributed by atoms with Gasteiger partial charge in [0.1, 0.15) is 6.20 Å². The predicted octanol–water partition coefficient (Wildman–Crippen LogP) is 1.40. The molecule has 17 heavy (non-hydrogen) atoms. The van der Waals surface area contributed by atoms with Crippen LogP contribution in [0.1, 0.15) is 0 Å². The predicted molar refractivity (Wildman–Crippen MR) is 59.6 cm³/mol. The van der Waals surface area contributed by atoms with Crippen LogP contribution in [0.15, 0.2) is 24.5 Å². The first kappa shape index (κ1) is 11.1. The molecule has 0 fully saturated rings. The quantitative estimate of drug-likeness (QED) is 0.592. The number of nitrogens with zero attached hydrogens (tertiary/aromatic N) is 4. The minimum atomic E-state index is -0.494. The van der Waals surface area contributed by atoms with E-state index in [1.54, 1.807) is 24.0 Å². The van der Waals surface area contributed by atoms with Gasteiger partial charge in [0, 0.05) is 19.3 Å². The van der Waals surface area contributed by atoms with Crippen molar-refractivity contribution in [2.24, 2.45) is 7.05 Å². The van der Waals surface area contributed by atoms with Crippen molar-refractivity contribution in [2.45, 2.75) is 0 Å². The topological polar surface area (TPSA) is 83.1 Å². The van der Waals surface area contributed by atoms with Crippen LogP contribution in [0.3, 0.4) is 0 Å². The summed E-state index contributed by atoms with van der Waals surface area (Å²) in [5, 5.41) is 14.7. The number of aromatic nitrogens is 3. The summed E-state index contributed by atoms with van der Waals surface area (Å²) in [7, 11) is 3.21. The molecule has 0 unspecified atom stereocenters. The minimum absolute atomic E-state index is 0.0815. The van der Waals surface area contributed by atoms with Crippen LogP contribution >= 0.6 is 0 Å². The van der Waals surface area contributed by atoms with Crippen molar-refractivity contribution in [3.05, 3.63) is 34.6 Å². The van der Waals surface area contributed by atoms with Gasteiger partial charge in [-0.3, -0.25) is 14.8 Å². The standard InChI is InChI=1S/C10H10N4O3/c1-13-9(3-4-12-13)8-5-7(14(15)16)6-11-10(8)17-2/h3-6H,1-2H3. The summed E-state index contributed by atoms with van der Waals surface area (Å²) in [6.45, 7) is 0. The number of nitro groups is 1. The lowest BCUT2D eigenvalue weighted by atomic mass is 10.2. The molecule has 0 amide bonds. The van der Waals surface area contributed by atoms with E-state index in [-0.39, 0.29) is 5.69 Å². The second kappa shape index (κ2) is 4.20. The molecule has 0 atom stereocenters. The molecule has 0 saturated heterocycles. The first-order chi connectivity index (χ1) is 8.13. The summed E-state index contributed by atoms with van der Waals surface area (Å²) in [5.74, 6) is 0.333. The molecule has 0 aliphatic carbocycles. The Hall–Kier alpha value is -2.44. The highest BCUT2D eigenvalue weighted by Crippen LogP contribution is 2.30. The zero-order valence-electron chi connectivity index (χ0n) is 9.32. The number of ether oxygens (including phenoxy) is 1. The number of aryl methyl sites for hydroxylation is 1. The van der Waals surface area contributed by atoms with E-state index in [4.69, 9.17) is 4.74 Å². The molecule has 2 heterocycles. The molecular formula is C10H10N4O3. The van der Waals surface area contributed by atoms with Gasteiger partial charge in [-0.05, 0) is 6.07 Å². The number of hydrogen-bond donors (Lipinski definition) is 0. The van der Waals surface area contributed by atoms with Gasteiger partial charge in [-0.2, -0.15) is 5.10 Å². The molecule has 0 bridgehead atoms. The summed E-state index contributed by atoms with van der Waals surface area (Å²) in [6.07, 6.45) is 2.77. The summed E-state index contributed by atoms with van der Waals surface area (Å²) in [5.41, 5.74) is 1.17. The van der Waals surface area contributed by atoms with Crippen molar-refractivity contribution < 1.29 is 9.66 Å². The van der Waals surface area contributed by atoms with Crippen molar-refractivity contribution >= 4 is 5.69 Å². The first-order valence-corrected chi connectivity index (χ1v) is 4.80. The Labute approximate surface area is 96.8 Å². The van der Waals surface area contributed by atoms with Gasteiger partial charge in [-0.25, -0.2) is 4.98 Å². The SMILES string of the molecule is COc1ncc([N+](=O)[O-])cc1-c1ccnn1C. The van der Waals surface area contributed by atoms with Crippen LogP contribution in [0.4, 0.5) is 5.69 Å². The van der Waals surface area contributed by atoms with E-state index in [1.807, 2.05) is 0 Å². The molecule has 0 aliphatic heterocycles. The highest BCUT2D eigenvalue weighted by Gasteiger charge is 2.16. The summed E-state index contributed by atoms with van der Waals surface area (Å²) >= 11 is 0. The molecule has 2 aromatic rings. The summed E-state index contributed by atoms with van der Waals surface area (Å²) in [6, 6.07) is 3.16. The van der Waals surface area contributed by atoms with E-state index in [2.05, 4.69) is 10.1 Å². The van der Waals surface area contributed by atoms with E-state index in [9.17, 15) is 10.1 Å². The van der Waals surface area contributed by atoms with E-state index >= 15 is 0 Å². The van der Waals surface area contributed by atoms with E-state index in [0.29, 0.717) is 17.1 Å². The van der Waals surface area contributed by atoms with Crippen LogP contribution in [0.25, 0.3) is 11.3 Å². The van der Waals surface area contributed by atoms with Crippen molar-refractivity contribution in [3.8, 4) is 17.1 Å². The van der Waals surface area contributed by atoms with Gasteiger partial charge in [0.05, 0.1) is 23.3 Å². The van der Waals surface area contributed by atoms with Crippen LogP contribution in [-0.2, 0) is 7.05 Å². The Balaban J connectivity index is 2.61. The van der Waals surface area contributed by atoms with Crippen molar-refractivity contribution in [1.82, 2.24) is 14.8 Å². The van der Waals surface area contributed by atoms with Crippen LogP contribution < -0.4 is 4.74 Å². The Morgan fingerprint density at radius 2 is 2.29 bits per heavy atom. The average molecular weight is 234 g/mol. The molecule has 7 nitrogen and oxygen atoms in total. The minimum Gasteiger partial charge on any atom is -0.481 e. The maximum Gasteiger partial charge on any atom is 0.288 e. The third-order valence-corrected chi connectivity index (χ3v) is 2.34. The Bertz CT molecular complexity index is 564. The molecule has 88 valence electrons. The first-order valence-electron chi connectivity index (χ1n) is 4.80. The highest BCUT2D eigenvalue weighted by molar-refractivity contribution is 5.67. The fourth-order valence-corrected chi connectivity index (χ4v) is 1.53. The molecule has 2 aromatic heterocycles. The van der Waals surface area contributed by atoms with Crippen LogP contribution in [0, 0.1) is 10.1 Å². The van der Waals surface area contributed by atoms with Gasteiger partial charge in [-0.15, -0.1) is 0 Å². The van der Waals surface area contributed by atoms with Gasteiger partial charge >= 0.3 is 0 Å². The average Bonchev–Trinajstić information content (AvgIpc) is 2.74. The second-order valence-corrected chi connectivity index (χ2v) is 3.35. The zero-order valence-corrected chi connectivity index (χ0v) is 9.32. The second-order valence-electron chi connectivity index (χ2n) is 3.35. The van der Waals surface area contributed by atoms with Crippen molar-refractivity contribution in [1.29, 1.82) is 0 Å². The van der Waals surface area contributed by atoms with E-state index < -0.39 is 4.92 Å². The largest absolute Gasteiger partial charge is 0.481 e. The lowest BCUT2D eigenvalue weighted by molar-refractivity contribution is -0.385. The van der Waals surface area contributed by atoms with Gasteiger partial charge in [0.15, 0.2) is 0 Å². The van der Waals surface area contributed by atoms with Crippen molar-refractivity contribution in [2.75, 3.05) is 7.11 Å². The lowest BCUT2D eigenvalue weighted by Crippen LogP contribution is -1.99. The fraction of sp³-hybridized carbons (Fsp3) is 0.200. The normalized spacial score (nSPS) is 10.2. The smallest absolute Gasteiger partial charge is 0.288 e. The van der Waals surface area contributed by atoms with E-state index in [0.717, 1.165) is 0 Å². The fourth-order valence-electron chi connectivity index (χ4n) is 1.53. The highest BCUT2D eigenvalue weighted by atomic mass is 16.6. The number of methoxy groups -OCH3 is 1. The molecule has 0 saturated carbocycles. The number of rotatable bonds is 3. The third kappa shape index (κ3) is 1.94. The maximum atomic E-state index is 10.7. The Kier molecular flexibility index (Phi) is 2.73. The van der Waals surface area contributed by atoms with Crippen molar-refractivity contribution in [3.63, 3.8) is 0 Å². The molecule has 0 radical (unpaired) electrons. The van der Waals surface area contributed by atoms with Gasteiger partial charge < -0.3 is 4.74 Å². The van der Waals surface area contributed by atoms with Gasteiger partial charge in [0.25, 0.3) is 5.69 Å². The maximum absolute atomic E-state index is 10.7. The molecule has 7 heteroatoms. The third-order valence-electron chi connectivity index (χ3n) is 2.34. The zero-order chi connectivity index (χ0) is 12.4. The Morgan fingerprint density at radius 1 is 1.53 bits per heavy atom. The molecule has 0 spiro atoms. The lowest BCUT2D eigenvalue weighted by Gasteiger charge is -2.06. The molecule has 0 aliphatic rings.